The lowest BCUT2D eigenvalue weighted by Gasteiger charge is -2.19. The minimum atomic E-state index is -5.35. The topological polar surface area (TPSA) is 142 Å². The molecule has 51 heavy (non-hydrogen) atoms. The van der Waals surface area contributed by atoms with E-state index in [0.717, 1.165) is 12.1 Å². The Morgan fingerprint density at radius 1 is 0.588 bits per heavy atom. The summed E-state index contributed by atoms with van der Waals surface area (Å²) in [7, 11) is -5.35. The van der Waals surface area contributed by atoms with Gasteiger partial charge in [0.25, 0.3) is 11.4 Å². The Kier molecular flexibility index (Phi) is 7.58. The summed E-state index contributed by atoms with van der Waals surface area (Å²) < 4.78 is 109. The molecule has 1 heterocycles. The van der Waals surface area contributed by atoms with E-state index in [-0.39, 0.29) is 33.4 Å². The molecule has 0 saturated carbocycles. The monoisotopic (exact) mass is 726 g/mol. The van der Waals surface area contributed by atoms with E-state index < -0.39 is 64.0 Å². The average Bonchev–Trinajstić information content (AvgIpc) is 3.19. The number of fused-ring (bicyclic) bond motifs is 7. The van der Waals surface area contributed by atoms with Crippen LogP contribution >= 0.6 is 7.82 Å². The summed E-state index contributed by atoms with van der Waals surface area (Å²) in [6.07, 6.45) is -10.4. The molecule has 0 bridgehead atoms. The van der Waals surface area contributed by atoms with Gasteiger partial charge in [0.1, 0.15) is 22.6 Å². The summed E-state index contributed by atoms with van der Waals surface area (Å²) in [6.45, 7) is 0. The maximum Gasteiger partial charge on any atom is 0.584 e. The van der Waals surface area contributed by atoms with Crippen molar-refractivity contribution in [3.63, 3.8) is 0 Å². The van der Waals surface area contributed by atoms with Gasteiger partial charge in [-0.3, -0.25) is 25.1 Å². The fourth-order valence-corrected chi connectivity index (χ4v) is 7.08. The Bertz CT molecular complexity index is 2370. The molecular formula is C34H17F6N2O8P. The largest absolute Gasteiger partial charge is 0.584 e. The van der Waals surface area contributed by atoms with Crippen LogP contribution in [0.15, 0.2) is 97.1 Å². The average molecular weight is 726 g/mol. The van der Waals surface area contributed by atoms with Crippen molar-refractivity contribution in [3.8, 4) is 44.9 Å². The molecule has 258 valence electrons. The Balaban J connectivity index is 1.64. The lowest BCUT2D eigenvalue weighted by molar-refractivity contribution is -0.388. The van der Waals surface area contributed by atoms with Crippen LogP contribution in [-0.2, 0) is 16.9 Å². The fraction of sp³-hybridized carbons (Fsp3) is 0.0588. The first-order valence-electron chi connectivity index (χ1n) is 14.5. The standard InChI is InChI=1S/C34H17F6N2O8P/c35-33(36,37)25-15-19(9-11-27(25)41(43)44)23-13-17-5-1-3-7-21(17)29-30-22-8-4-2-6-18(22)14-24(32(30)50-51(47,48)49-31(23)29)20-10-12-28(42(45)46)26(16-20)34(38,39)40/h1-16H,(H,47,48). The van der Waals surface area contributed by atoms with Crippen LogP contribution < -0.4 is 9.05 Å². The highest BCUT2D eigenvalue weighted by atomic mass is 31.2. The van der Waals surface area contributed by atoms with Gasteiger partial charge in [-0.2, -0.15) is 26.3 Å². The number of benzene rings is 6. The number of hydrogen-bond acceptors (Lipinski definition) is 7. The van der Waals surface area contributed by atoms with Gasteiger partial charge >= 0.3 is 20.2 Å². The Morgan fingerprint density at radius 3 is 1.31 bits per heavy atom. The Labute approximate surface area is 281 Å². The number of nitro benzene ring substituents is 2. The molecule has 17 heteroatoms. The zero-order chi connectivity index (χ0) is 36.6. The van der Waals surface area contributed by atoms with E-state index in [9.17, 15) is 56.0 Å². The Morgan fingerprint density at radius 2 is 0.961 bits per heavy atom. The summed E-state index contributed by atoms with van der Waals surface area (Å²) in [4.78, 5) is 31.7. The molecule has 0 saturated heterocycles. The molecule has 0 aliphatic carbocycles. The highest BCUT2D eigenvalue weighted by Crippen LogP contribution is 2.62. The summed E-state index contributed by atoms with van der Waals surface area (Å²) in [6, 6.07) is 19.7. The molecule has 0 amide bonds. The third-order valence-electron chi connectivity index (χ3n) is 8.29. The van der Waals surface area contributed by atoms with Crippen molar-refractivity contribution in [2.75, 3.05) is 0 Å². The molecule has 0 radical (unpaired) electrons. The summed E-state index contributed by atoms with van der Waals surface area (Å²) in [5, 5.41) is 24.4. The van der Waals surface area contributed by atoms with Gasteiger partial charge in [-0.15, -0.1) is 0 Å². The van der Waals surface area contributed by atoms with Crippen LogP contribution in [0.4, 0.5) is 37.7 Å². The van der Waals surface area contributed by atoms with E-state index >= 15 is 0 Å². The second-order valence-corrected chi connectivity index (χ2v) is 12.6. The third-order valence-corrected chi connectivity index (χ3v) is 9.11. The van der Waals surface area contributed by atoms with Gasteiger partial charge in [0, 0.05) is 34.4 Å². The van der Waals surface area contributed by atoms with Gasteiger partial charge in [0.05, 0.1) is 9.85 Å². The molecule has 0 aromatic heterocycles. The van der Waals surface area contributed by atoms with Gasteiger partial charge in [0.15, 0.2) is 0 Å². The molecule has 7 rings (SSSR count). The van der Waals surface area contributed by atoms with Crippen molar-refractivity contribution >= 4 is 40.7 Å². The third kappa shape index (κ3) is 5.77. The molecule has 6 aromatic rings. The second-order valence-electron chi connectivity index (χ2n) is 11.3. The minimum absolute atomic E-state index is 0.00722. The van der Waals surface area contributed by atoms with E-state index in [2.05, 4.69) is 0 Å². The van der Waals surface area contributed by atoms with Crippen molar-refractivity contribution in [1.29, 1.82) is 0 Å². The van der Waals surface area contributed by atoms with Gasteiger partial charge in [-0.25, -0.2) is 4.57 Å². The SMILES string of the molecule is O=[N+]([O-])c1ccc(-c2cc3ccccc3c3c2OP(=O)(O)Oc2c(-c4ccc([N+](=O)[O-])c(C(F)(F)F)c4)cc4ccccc4c2-3)cc1C(F)(F)F. The first-order chi connectivity index (χ1) is 23.9. The van der Waals surface area contributed by atoms with Crippen LogP contribution in [0.2, 0.25) is 0 Å². The zero-order valence-corrected chi connectivity index (χ0v) is 26.0. The van der Waals surface area contributed by atoms with Crippen molar-refractivity contribution in [2.24, 2.45) is 0 Å². The second kappa shape index (κ2) is 11.5. The summed E-state index contributed by atoms with van der Waals surface area (Å²) in [5.74, 6) is -0.913. The van der Waals surface area contributed by atoms with Gasteiger partial charge in [0.2, 0.25) is 0 Å². The molecular weight excluding hydrogens is 709 g/mol. The fourth-order valence-electron chi connectivity index (χ4n) is 6.20. The van der Waals surface area contributed by atoms with E-state index in [4.69, 9.17) is 9.05 Å². The van der Waals surface area contributed by atoms with Crippen molar-refractivity contribution < 1.29 is 54.7 Å². The van der Waals surface area contributed by atoms with E-state index in [1.807, 2.05) is 0 Å². The lowest BCUT2D eigenvalue weighted by atomic mass is 9.86. The maximum atomic E-state index is 14.1. The van der Waals surface area contributed by atoms with Crippen LogP contribution in [0.1, 0.15) is 11.1 Å². The van der Waals surface area contributed by atoms with Crippen molar-refractivity contribution in [1.82, 2.24) is 0 Å². The molecule has 6 aromatic carbocycles. The van der Waals surface area contributed by atoms with Gasteiger partial charge < -0.3 is 9.05 Å². The predicted octanol–water partition coefficient (Wildman–Crippen LogP) is 10.7. The number of phosphoric ester groups is 1. The van der Waals surface area contributed by atoms with Crippen LogP contribution in [0, 0.1) is 20.2 Å². The molecule has 1 aliphatic rings. The maximum absolute atomic E-state index is 14.1. The van der Waals surface area contributed by atoms with Crippen LogP contribution in [0.25, 0.3) is 54.9 Å². The predicted molar refractivity (Wildman–Crippen MR) is 172 cm³/mol. The molecule has 10 nitrogen and oxygen atoms in total. The zero-order valence-electron chi connectivity index (χ0n) is 25.2. The van der Waals surface area contributed by atoms with Gasteiger partial charge in [-0.1, -0.05) is 48.5 Å². The van der Waals surface area contributed by atoms with E-state index in [0.29, 0.717) is 45.8 Å². The van der Waals surface area contributed by atoms with E-state index in [1.165, 1.54) is 12.1 Å². The molecule has 0 unspecified atom stereocenters. The number of hydrogen-bond donors (Lipinski definition) is 1. The first-order valence-corrected chi connectivity index (χ1v) is 16.0. The molecule has 1 aliphatic heterocycles. The highest BCUT2D eigenvalue weighted by Gasteiger charge is 2.42. The van der Waals surface area contributed by atoms with Crippen molar-refractivity contribution in [3.05, 3.63) is 128 Å². The summed E-state index contributed by atoms with van der Waals surface area (Å²) in [5.41, 5.74) is -6.63. The first kappa shape index (κ1) is 33.5. The van der Waals surface area contributed by atoms with Crippen LogP contribution in [0.5, 0.6) is 11.5 Å². The number of rotatable bonds is 4. The number of nitrogens with zero attached hydrogens (tertiary/aromatic N) is 2. The van der Waals surface area contributed by atoms with E-state index in [1.54, 1.807) is 48.5 Å². The number of nitro groups is 2. The van der Waals surface area contributed by atoms with Crippen LogP contribution in [-0.4, -0.2) is 14.7 Å². The lowest BCUT2D eigenvalue weighted by Crippen LogP contribution is -2.09. The smallest absolute Gasteiger partial charge is 0.394 e. The Hall–Kier alpha value is -5.99. The highest BCUT2D eigenvalue weighted by molar-refractivity contribution is 7.48. The summed E-state index contributed by atoms with van der Waals surface area (Å²) >= 11 is 0. The molecule has 0 fully saturated rings. The van der Waals surface area contributed by atoms with Gasteiger partial charge in [-0.05, 0) is 69.1 Å². The molecule has 0 spiro atoms. The number of alkyl halides is 6. The molecule has 1 N–H and O–H groups in total. The van der Waals surface area contributed by atoms with Crippen molar-refractivity contribution in [2.45, 2.75) is 12.4 Å². The minimum Gasteiger partial charge on any atom is -0.394 e. The number of halogens is 6. The quantitative estimate of drug-likeness (QED) is 0.0818. The normalized spacial score (nSPS) is 13.9. The molecule has 0 atom stereocenters. The number of phosphoric acid groups is 1. The van der Waals surface area contributed by atoms with Crippen LogP contribution in [0.3, 0.4) is 0 Å².